The van der Waals surface area contributed by atoms with Gasteiger partial charge in [0.2, 0.25) is 0 Å². The van der Waals surface area contributed by atoms with Crippen molar-refractivity contribution >= 4 is 11.6 Å². The second-order valence-electron chi connectivity index (χ2n) is 6.90. The van der Waals surface area contributed by atoms with E-state index in [1.165, 1.54) is 7.11 Å². The van der Waals surface area contributed by atoms with Crippen LogP contribution in [0, 0.1) is 0 Å². The maximum absolute atomic E-state index is 13.7. The summed E-state index contributed by atoms with van der Waals surface area (Å²) in [6, 6.07) is 7.43. The van der Waals surface area contributed by atoms with Crippen molar-refractivity contribution < 1.29 is 27.4 Å². The summed E-state index contributed by atoms with van der Waals surface area (Å²) in [6.07, 6.45) is -1.95. The van der Waals surface area contributed by atoms with Gasteiger partial charge in [-0.15, -0.1) is 0 Å². The molecule has 158 valence electrons. The number of hydrogen-bond donors (Lipinski definition) is 1. The average molecular weight is 420 g/mol. The van der Waals surface area contributed by atoms with Gasteiger partial charge in [-0.2, -0.15) is 18.3 Å². The number of methoxy groups -OCH3 is 1. The molecule has 4 rings (SSSR count). The number of fused-ring (bicyclic) bond motifs is 1. The van der Waals surface area contributed by atoms with E-state index in [0.29, 0.717) is 22.4 Å². The molecule has 1 saturated heterocycles. The van der Waals surface area contributed by atoms with Crippen LogP contribution >= 0.6 is 0 Å². The number of amides is 1. The fourth-order valence-corrected chi connectivity index (χ4v) is 3.36. The summed E-state index contributed by atoms with van der Waals surface area (Å²) in [4.78, 5) is 16.9. The summed E-state index contributed by atoms with van der Waals surface area (Å²) < 4.78 is 52.3. The van der Waals surface area contributed by atoms with Crippen LogP contribution in [0.3, 0.4) is 0 Å². The van der Waals surface area contributed by atoms with Crippen molar-refractivity contribution in [3.05, 3.63) is 47.8 Å². The van der Waals surface area contributed by atoms with E-state index in [1.807, 2.05) is 0 Å². The van der Waals surface area contributed by atoms with Gasteiger partial charge in [0.05, 0.1) is 25.1 Å². The van der Waals surface area contributed by atoms with Crippen LogP contribution in [-0.2, 0) is 10.9 Å². The number of alkyl halides is 3. The Bertz CT molecular complexity index is 1070. The first-order valence-electron chi connectivity index (χ1n) is 9.37. The molecule has 1 N–H and O–H groups in total. The van der Waals surface area contributed by atoms with Crippen LogP contribution in [0.25, 0.3) is 16.9 Å². The van der Waals surface area contributed by atoms with Crippen molar-refractivity contribution in [1.82, 2.24) is 19.9 Å². The SMILES string of the molecule is COc1cccc(-c2cc(C(F)(F)F)n3ncc(C(=O)NC[C@@H]4CCCO4)c3n2)c1. The number of benzene rings is 1. The van der Waals surface area contributed by atoms with Crippen LogP contribution < -0.4 is 10.1 Å². The zero-order valence-electron chi connectivity index (χ0n) is 16.1. The first kappa shape index (κ1) is 20.1. The monoisotopic (exact) mass is 420 g/mol. The zero-order chi connectivity index (χ0) is 21.3. The Labute approximate surface area is 169 Å². The molecule has 0 radical (unpaired) electrons. The zero-order valence-corrected chi connectivity index (χ0v) is 16.1. The highest BCUT2D eigenvalue weighted by Crippen LogP contribution is 2.33. The van der Waals surface area contributed by atoms with E-state index in [4.69, 9.17) is 9.47 Å². The molecule has 1 atom stereocenters. The minimum Gasteiger partial charge on any atom is -0.497 e. The number of halogens is 3. The summed E-state index contributed by atoms with van der Waals surface area (Å²) in [6.45, 7) is 0.912. The second-order valence-corrected chi connectivity index (χ2v) is 6.90. The fraction of sp³-hybridized carbons (Fsp3) is 0.350. The lowest BCUT2D eigenvalue weighted by Gasteiger charge is -2.13. The molecular formula is C20H19F3N4O3. The van der Waals surface area contributed by atoms with Gasteiger partial charge in [0.15, 0.2) is 11.3 Å². The minimum atomic E-state index is -4.69. The maximum Gasteiger partial charge on any atom is 0.433 e. The number of aromatic nitrogens is 3. The van der Waals surface area contributed by atoms with Crippen LogP contribution in [0.2, 0.25) is 0 Å². The van der Waals surface area contributed by atoms with E-state index in [-0.39, 0.29) is 29.6 Å². The lowest BCUT2D eigenvalue weighted by molar-refractivity contribution is -0.142. The van der Waals surface area contributed by atoms with E-state index < -0.39 is 17.8 Å². The molecule has 0 saturated carbocycles. The van der Waals surface area contributed by atoms with Crippen molar-refractivity contribution in [3.8, 4) is 17.0 Å². The minimum absolute atomic E-state index is 0.0387. The standard InChI is InChI=1S/C20H19F3N4O3/c1-29-13-5-2-4-12(8-13)16-9-17(20(21,22)23)27-18(26-16)15(11-25-27)19(28)24-10-14-6-3-7-30-14/h2,4-5,8-9,11,14H,3,6-7,10H2,1H3,(H,24,28)/t14-/m0/s1. The number of rotatable bonds is 5. The highest BCUT2D eigenvalue weighted by atomic mass is 19.4. The molecule has 1 aliphatic heterocycles. The van der Waals surface area contributed by atoms with Crippen molar-refractivity contribution in [3.63, 3.8) is 0 Å². The molecule has 3 aromatic rings. The highest BCUT2D eigenvalue weighted by molar-refractivity contribution is 5.99. The third-order valence-corrected chi connectivity index (χ3v) is 4.89. The van der Waals surface area contributed by atoms with Crippen LogP contribution in [0.4, 0.5) is 13.2 Å². The van der Waals surface area contributed by atoms with Crippen molar-refractivity contribution in [1.29, 1.82) is 0 Å². The number of nitrogens with zero attached hydrogens (tertiary/aromatic N) is 3. The number of carbonyl (C=O) groups excluding carboxylic acids is 1. The Morgan fingerprint density at radius 1 is 1.37 bits per heavy atom. The van der Waals surface area contributed by atoms with Crippen molar-refractivity contribution in [2.75, 3.05) is 20.3 Å². The molecule has 0 spiro atoms. The lowest BCUT2D eigenvalue weighted by Crippen LogP contribution is -2.31. The third kappa shape index (κ3) is 3.95. The number of ether oxygens (including phenoxy) is 2. The number of nitrogens with one attached hydrogen (secondary N) is 1. The predicted octanol–water partition coefficient (Wildman–Crippen LogP) is 3.33. The summed E-state index contributed by atoms with van der Waals surface area (Å²) >= 11 is 0. The van der Waals surface area contributed by atoms with Gasteiger partial charge in [-0.05, 0) is 31.0 Å². The van der Waals surface area contributed by atoms with Gasteiger partial charge in [-0.25, -0.2) is 9.50 Å². The van der Waals surface area contributed by atoms with Crippen molar-refractivity contribution in [2.24, 2.45) is 0 Å². The first-order valence-corrected chi connectivity index (χ1v) is 9.37. The molecule has 1 aliphatic rings. The average Bonchev–Trinajstić information content (AvgIpc) is 3.40. The highest BCUT2D eigenvalue weighted by Gasteiger charge is 2.36. The lowest BCUT2D eigenvalue weighted by atomic mass is 10.1. The Kier molecular flexibility index (Phi) is 5.33. The van der Waals surface area contributed by atoms with E-state index in [0.717, 1.165) is 25.1 Å². The molecule has 1 amide bonds. The topological polar surface area (TPSA) is 77.8 Å². The van der Waals surface area contributed by atoms with Crippen LogP contribution in [0.5, 0.6) is 5.75 Å². The largest absolute Gasteiger partial charge is 0.497 e. The van der Waals surface area contributed by atoms with Gasteiger partial charge in [-0.1, -0.05) is 12.1 Å². The molecular weight excluding hydrogens is 401 g/mol. The van der Waals surface area contributed by atoms with E-state index in [1.54, 1.807) is 24.3 Å². The quantitative estimate of drug-likeness (QED) is 0.685. The Morgan fingerprint density at radius 2 is 2.20 bits per heavy atom. The first-order chi connectivity index (χ1) is 14.4. The molecule has 3 heterocycles. The Morgan fingerprint density at radius 3 is 2.90 bits per heavy atom. The summed E-state index contributed by atoms with van der Waals surface area (Å²) in [7, 11) is 1.46. The molecule has 0 bridgehead atoms. The summed E-state index contributed by atoms with van der Waals surface area (Å²) in [5.41, 5.74) is -0.754. The van der Waals surface area contributed by atoms with E-state index >= 15 is 0 Å². The molecule has 1 aromatic carbocycles. The van der Waals surface area contributed by atoms with E-state index in [9.17, 15) is 18.0 Å². The van der Waals surface area contributed by atoms with Crippen LogP contribution in [0.15, 0.2) is 36.5 Å². The Hall–Kier alpha value is -3.14. The maximum atomic E-state index is 13.7. The Balaban J connectivity index is 1.76. The summed E-state index contributed by atoms with van der Waals surface area (Å²) in [5.74, 6) is -0.0744. The van der Waals surface area contributed by atoms with Gasteiger partial charge in [0.1, 0.15) is 11.3 Å². The molecule has 7 nitrogen and oxygen atoms in total. The number of hydrogen-bond acceptors (Lipinski definition) is 5. The molecule has 10 heteroatoms. The molecule has 1 fully saturated rings. The molecule has 0 aliphatic carbocycles. The van der Waals surface area contributed by atoms with Gasteiger partial charge < -0.3 is 14.8 Å². The van der Waals surface area contributed by atoms with Gasteiger partial charge in [0, 0.05) is 18.7 Å². The fourth-order valence-electron chi connectivity index (χ4n) is 3.36. The van der Waals surface area contributed by atoms with Gasteiger partial charge >= 0.3 is 6.18 Å². The van der Waals surface area contributed by atoms with Gasteiger partial charge in [-0.3, -0.25) is 4.79 Å². The van der Waals surface area contributed by atoms with Gasteiger partial charge in [0.25, 0.3) is 5.91 Å². The van der Waals surface area contributed by atoms with Crippen LogP contribution in [0.1, 0.15) is 28.9 Å². The summed E-state index contributed by atoms with van der Waals surface area (Å²) in [5, 5.41) is 6.47. The second kappa shape index (κ2) is 7.94. The predicted molar refractivity (Wildman–Crippen MR) is 101 cm³/mol. The smallest absolute Gasteiger partial charge is 0.433 e. The van der Waals surface area contributed by atoms with Crippen molar-refractivity contribution in [2.45, 2.75) is 25.1 Å². The molecule has 30 heavy (non-hydrogen) atoms. The third-order valence-electron chi connectivity index (χ3n) is 4.89. The number of carbonyl (C=O) groups is 1. The van der Waals surface area contributed by atoms with E-state index in [2.05, 4.69) is 15.4 Å². The molecule has 0 unspecified atom stereocenters. The van der Waals surface area contributed by atoms with Crippen LogP contribution in [-0.4, -0.2) is 46.9 Å². The normalized spacial score (nSPS) is 16.7. The molecule has 2 aromatic heterocycles.